The van der Waals surface area contributed by atoms with Crippen LogP contribution in [0, 0.1) is 5.82 Å². The van der Waals surface area contributed by atoms with Crippen molar-refractivity contribution in [2.45, 2.75) is 18.9 Å². The maximum atomic E-state index is 13.8. The second kappa shape index (κ2) is 6.91. The first-order valence-electron chi connectivity index (χ1n) is 7.42. The summed E-state index contributed by atoms with van der Waals surface area (Å²) in [5.74, 6) is -0.474. The molecule has 1 atom stereocenters. The highest BCUT2D eigenvalue weighted by atomic mass is 35.5. The first-order chi connectivity index (χ1) is 11.1. The van der Waals surface area contributed by atoms with Crippen LogP contribution in [0.25, 0.3) is 0 Å². The summed E-state index contributed by atoms with van der Waals surface area (Å²) in [6.45, 7) is 1.42. The van der Waals surface area contributed by atoms with Gasteiger partial charge in [-0.15, -0.1) is 0 Å². The van der Waals surface area contributed by atoms with Crippen molar-refractivity contribution in [1.82, 2.24) is 15.3 Å². The third-order valence-electron chi connectivity index (χ3n) is 3.78. The number of rotatable bonds is 3. The van der Waals surface area contributed by atoms with Gasteiger partial charge in [-0.25, -0.2) is 14.4 Å². The molecule has 1 aromatic heterocycles. The number of nitrogens with zero attached hydrogens (tertiary/aromatic N) is 3. The van der Waals surface area contributed by atoms with Gasteiger partial charge in [0.05, 0.1) is 10.6 Å². The molecule has 0 radical (unpaired) electrons. The van der Waals surface area contributed by atoms with Gasteiger partial charge in [-0.2, -0.15) is 0 Å². The summed E-state index contributed by atoms with van der Waals surface area (Å²) in [4.78, 5) is 22.8. The minimum atomic E-state index is -0.617. The Hall–Kier alpha value is -2.21. The highest BCUT2D eigenvalue weighted by Gasteiger charge is 2.25. The summed E-state index contributed by atoms with van der Waals surface area (Å²) in [5, 5.41) is 2.97. The number of aromatic nitrogens is 2. The van der Waals surface area contributed by atoms with Crippen molar-refractivity contribution < 1.29 is 9.18 Å². The van der Waals surface area contributed by atoms with Crippen molar-refractivity contribution in [2.75, 3.05) is 18.0 Å². The van der Waals surface area contributed by atoms with Crippen molar-refractivity contribution in [3.8, 4) is 0 Å². The molecular weight excluding hydrogens is 319 g/mol. The van der Waals surface area contributed by atoms with Gasteiger partial charge >= 0.3 is 0 Å². The summed E-state index contributed by atoms with van der Waals surface area (Å²) < 4.78 is 13.8. The summed E-state index contributed by atoms with van der Waals surface area (Å²) in [6, 6.07) is 5.86. The van der Waals surface area contributed by atoms with Crippen LogP contribution in [0.2, 0.25) is 5.02 Å². The Morgan fingerprint density at radius 3 is 2.83 bits per heavy atom. The van der Waals surface area contributed by atoms with Crippen molar-refractivity contribution in [3.05, 3.63) is 53.1 Å². The Morgan fingerprint density at radius 1 is 1.30 bits per heavy atom. The molecule has 23 heavy (non-hydrogen) atoms. The maximum Gasteiger partial charge on any atom is 0.256 e. The number of amides is 1. The highest BCUT2D eigenvalue weighted by molar-refractivity contribution is 6.33. The van der Waals surface area contributed by atoms with Gasteiger partial charge < -0.3 is 10.2 Å². The lowest BCUT2D eigenvalue weighted by atomic mass is 10.1. The summed E-state index contributed by atoms with van der Waals surface area (Å²) >= 11 is 5.94. The normalized spacial score (nSPS) is 17.8. The third-order valence-corrected chi connectivity index (χ3v) is 4.10. The third kappa shape index (κ3) is 3.59. The highest BCUT2D eigenvalue weighted by Crippen LogP contribution is 2.20. The molecule has 1 amide bonds. The van der Waals surface area contributed by atoms with E-state index in [4.69, 9.17) is 11.6 Å². The number of carbonyl (C=O) groups is 1. The van der Waals surface area contributed by atoms with E-state index in [0.717, 1.165) is 19.4 Å². The number of carbonyl (C=O) groups excluding carboxylic acids is 1. The maximum absolute atomic E-state index is 13.8. The molecule has 2 aromatic rings. The molecule has 0 saturated carbocycles. The molecule has 1 fully saturated rings. The molecule has 1 aliphatic rings. The van der Waals surface area contributed by atoms with Gasteiger partial charge in [0, 0.05) is 31.5 Å². The Bertz CT molecular complexity index is 677. The lowest BCUT2D eigenvalue weighted by Crippen LogP contribution is -2.48. The number of piperidine rings is 1. The second-order valence-electron chi connectivity index (χ2n) is 5.40. The minimum Gasteiger partial charge on any atom is -0.347 e. The van der Waals surface area contributed by atoms with E-state index >= 15 is 0 Å². The molecule has 1 aromatic carbocycles. The van der Waals surface area contributed by atoms with Crippen molar-refractivity contribution in [3.63, 3.8) is 0 Å². The van der Waals surface area contributed by atoms with Crippen LogP contribution in [0.3, 0.4) is 0 Å². The predicted octanol–water partition coefficient (Wildman–Crippen LogP) is 2.67. The summed E-state index contributed by atoms with van der Waals surface area (Å²) in [5.41, 5.74) is -0.109. The van der Waals surface area contributed by atoms with Crippen LogP contribution in [0.1, 0.15) is 23.2 Å². The van der Waals surface area contributed by atoms with Crippen LogP contribution in [0.4, 0.5) is 10.3 Å². The zero-order valence-electron chi connectivity index (χ0n) is 12.4. The average Bonchev–Trinajstić information content (AvgIpc) is 2.56. The van der Waals surface area contributed by atoms with Gasteiger partial charge in [-0.3, -0.25) is 4.79 Å². The SMILES string of the molecule is O=C(N[C@H]1CCCN(c2ncccn2)C1)c1c(F)cccc1Cl. The molecule has 3 rings (SSSR count). The van der Waals surface area contributed by atoms with Crippen LogP contribution < -0.4 is 10.2 Å². The van der Waals surface area contributed by atoms with Crippen molar-refractivity contribution >= 4 is 23.5 Å². The number of hydrogen-bond acceptors (Lipinski definition) is 4. The van der Waals surface area contributed by atoms with Crippen molar-refractivity contribution in [1.29, 1.82) is 0 Å². The quantitative estimate of drug-likeness (QED) is 0.937. The van der Waals surface area contributed by atoms with Gasteiger partial charge in [0.1, 0.15) is 5.82 Å². The fraction of sp³-hybridized carbons (Fsp3) is 0.312. The number of benzene rings is 1. The lowest BCUT2D eigenvalue weighted by Gasteiger charge is -2.33. The van der Waals surface area contributed by atoms with E-state index in [-0.39, 0.29) is 16.6 Å². The summed E-state index contributed by atoms with van der Waals surface area (Å²) in [6.07, 6.45) is 5.09. The molecule has 1 aliphatic heterocycles. The van der Waals surface area contributed by atoms with Crippen molar-refractivity contribution in [2.24, 2.45) is 0 Å². The topological polar surface area (TPSA) is 58.1 Å². The zero-order valence-corrected chi connectivity index (χ0v) is 13.1. The van der Waals surface area contributed by atoms with E-state index < -0.39 is 11.7 Å². The molecule has 0 aliphatic carbocycles. The van der Waals surface area contributed by atoms with Crippen LogP contribution in [0.5, 0.6) is 0 Å². The van der Waals surface area contributed by atoms with Gasteiger partial charge in [-0.1, -0.05) is 17.7 Å². The largest absolute Gasteiger partial charge is 0.347 e. The first kappa shape index (κ1) is 15.7. The molecule has 0 unspecified atom stereocenters. The molecule has 5 nitrogen and oxygen atoms in total. The average molecular weight is 335 g/mol. The number of anilines is 1. The minimum absolute atomic E-state index is 0.101. The zero-order chi connectivity index (χ0) is 16.2. The van der Waals surface area contributed by atoms with Gasteiger partial charge in [0.2, 0.25) is 5.95 Å². The van der Waals surface area contributed by atoms with E-state index in [1.54, 1.807) is 18.5 Å². The molecule has 2 heterocycles. The molecule has 0 bridgehead atoms. The predicted molar refractivity (Wildman–Crippen MR) is 86.1 cm³/mol. The Balaban J connectivity index is 1.69. The van der Waals surface area contributed by atoms with Crippen LogP contribution in [0.15, 0.2) is 36.7 Å². The lowest BCUT2D eigenvalue weighted by molar-refractivity contribution is 0.0929. The second-order valence-corrected chi connectivity index (χ2v) is 5.81. The Morgan fingerprint density at radius 2 is 2.09 bits per heavy atom. The van der Waals surface area contributed by atoms with E-state index in [1.165, 1.54) is 18.2 Å². The van der Waals surface area contributed by atoms with Gasteiger partial charge in [0.25, 0.3) is 5.91 Å². The van der Waals surface area contributed by atoms with E-state index in [0.29, 0.717) is 12.5 Å². The Labute approximate surface area is 138 Å². The van der Waals surface area contributed by atoms with Crippen LogP contribution in [-0.2, 0) is 0 Å². The van der Waals surface area contributed by atoms with Gasteiger partial charge in [-0.05, 0) is 31.0 Å². The molecule has 1 N–H and O–H groups in total. The fourth-order valence-electron chi connectivity index (χ4n) is 2.70. The molecule has 120 valence electrons. The smallest absolute Gasteiger partial charge is 0.256 e. The standard InChI is InChI=1S/C16H16ClFN4O/c17-12-5-1-6-13(18)14(12)15(23)21-11-4-2-9-22(10-11)16-19-7-3-8-20-16/h1,3,5-8,11H,2,4,9-10H2,(H,21,23)/t11-/m0/s1. The molecule has 1 saturated heterocycles. The fourth-order valence-corrected chi connectivity index (χ4v) is 2.95. The Kier molecular flexibility index (Phi) is 4.71. The van der Waals surface area contributed by atoms with E-state index in [1.807, 2.05) is 4.90 Å². The van der Waals surface area contributed by atoms with Crippen LogP contribution >= 0.6 is 11.6 Å². The van der Waals surface area contributed by atoms with E-state index in [9.17, 15) is 9.18 Å². The van der Waals surface area contributed by atoms with Crippen LogP contribution in [-0.4, -0.2) is 35.0 Å². The number of halogens is 2. The molecule has 7 heteroatoms. The monoisotopic (exact) mass is 334 g/mol. The van der Waals surface area contributed by atoms with Gasteiger partial charge in [0.15, 0.2) is 0 Å². The molecular formula is C16H16ClFN4O. The molecule has 0 spiro atoms. The summed E-state index contributed by atoms with van der Waals surface area (Å²) in [7, 11) is 0. The number of nitrogens with one attached hydrogen (secondary N) is 1. The first-order valence-corrected chi connectivity index (χ1v) is 7.80. The number of hydrogen-bond donors (Lipinski definition) is 1. The van der Waals surface area contributed by atoms with E-state index in [2.05, 4.69) is 15.3 Å².